The van der Waals surface area contributed by atoms with Gasteiger partial charge in [-0.25, -0.2) is 4.79 Å². The van der Waals surface area contributed by atoms with Gasteiger partial charge in [0.2, 0.25) is 0 Å². The number of urea groups is 1. The number of imide groups is 1. The van der Waals surface area contributed by atoms with E-state index < -0.39 is 5.54 Å². The third-order valence-electron chi connectivity index (χ3n) is 5.50. The van der Waals surface area contributed by atoms with Crippen molar-refractivity contribution in [2.24, 2.45) is 17.1 Å². The van der Waals surface area contributed by atoms with Gasteiger partial charge in [-0.15, -0.1) is 0 Å². The molecule has 2 saturated carbocycles. The number of amides is 3. The third kappa shape index (κ3) is 2.22. The summed E-state index contributed by atoms with van der Waals surface area (Å²) < 4.78 is 0. The zero-order chi connectivity index (χ0) is 14.4. The predicted molar refractivity (Wildman–Crippen MR) is 75.9 cm³/mol. The van der Waals surface area contributed by atoms with Gasteiger partial charge < -0.3 is 11.1 Å². The average molecular weight is 279 g/mol. The van der Waals surface area contributed by atoms with Crippen LogP contribution >= 0.6 is 0 Å². The average Bonchev–Trinajstić information content (AvgIpc) is 3.14. The van der Waals surface area contributed by atoms with E-state index in [2.05, 4.69) is 12.2 Å². The molecule has 1 spiro atoms. The van der Waals surface area contributed by atoms with Crippen molar-refractivity contribution in [2.45, 2.75) is 57.4 Å². The number of nitrogens with zero attached hydrogens (tertiary/aromatic N) is 1. The number of nitrogens with one attached hydrogen (secondary N) is 1. The quantitative estimate of drug-likeness (QED) is 0.768. The first-order chi connectivity index (χ1) is 9.50. The Hall–Kier alpha value is -1.10. The maximum absolute atomic E-state index is 12.7. The second-order valence-electron chi connectivity index (χ2n) is 7.12. The first kappa shape index (κ1) is 13.9. The van der Waals surface area contributed by atoms with Crippen molar-refractivity contribution in [3.63, 3.8) is 0 Å². The van der Waals surface area contributed by atoms with Crippen LogP contribution in [0.1, 0.15) is 51.9 Å². The van der Waals surface area contributed by atoms with Gasteiger partial charge >= 0.3 is 6.03 Å². The molecule has 3 fully saturated rings. The maximum atomic E-state index is 12.7. The molecule has 3 amide bonds. The fraction of sp³-hybridized carbons (Fsp3) is 0.867. The van der Waals surface area contributed by atoms with Crippen molar-refractivity contribution in [1.82, 2.24) is 10.2 Å². The highest BCUT2D eigenvalue weighted by atomic mass is 16.2. The molecule has 3 aliphatic rings. The summed E-state index contributed by atoms with van der Waals surface area (Å²) in [6, 6.07) is -0.187. The topological polar surface area (TPSA) is 75.4 Å². The van der Waals surface area contributed by atoms with Crippen LogP contribution in [0.15, 0.2) is 0 Å². The van der Waals surface area contributed by atoms with Crippen LogP contribution in [0.3, 0.4) is 0 Å². The van der Waals surface area contributed by atoms with Gasteiger partial charge in [-0.3, -0.25) is 9.69 Å². The number of hydrogen-bond donors (Lipinski definition) is 2. The van der Waals surface area contributed by atoms with Gasteiger partial charge in [0.15, 0.2) is 0 Å². The zero-order valence-electron chi connectivity index (χ0n) is 12.3. The molecule has 112 valence electrons. The molecule has 5 heteroatoms. The largest absolute Gasteiger partial charge is 0.330 e. The van der Waals surface area contributed by atoms with Gasteiger partial charge in [-0.05, 0) is 62.8 Å². The van der Waals surface area contributed by atoms with Crippen molar-refractivity contribution >= 4 is 11.9 Å². The standard InChI is InChI=1S/C15H25N3O2/c1-11-2-4-15(5-3-11)12(19)18(13(20)17-15)10-14(6-7-14)8-9-16/h11H,2-10,16H2,1H3,(H,17,20). The van der Waals surface area contributed by atoms with E-state index in [1.807, 2.05) is 0 Å². The highest BCUT2D eigenvalue weighted by Crippen LogP contribution is 2.50. The van der Waals surface area contributed by atoms with Crippen molar-refractivity contribution in [3.8, 4) is 0 Å². The summed E-state index contributed by atoms with van der Waals surface area (Å²) in [5.74, 6) is 0.670. The summed E-state index contributed by atoms with van der Waals surface area (Å²) in [4.78, 5) is 26.4. The van der Waals surface area contributed by atoms with E-state index in [0.717, 1.165) is 44.9 Å². The van der Waals surface area contributed by atoms with Crippen LogP contribution < -0.4 is 11.1 Å². The summed E-state index contributed by atoms with van der Waals surface area (Å²) in [6.45, 7) is 3.41. The van der Waals surface area contributed by atoms with Crippen molar-refractivity contribution in [1.29, 1.82) is 0 Å². The highest BCUT2D eigenvalue weighted by molar-refractivity contribution is 6.07. The fourth-order valence-electron chi connectivity index (χ4n) is 3.72. The molecule has 20 heavy (non-hydrogen) atoms. The Bertz CT molecular complexity index is 423. The Morgan fingerprint density at radius 2 is 1.90 bits per heavy atom. The Kier molecular flexibility index (Phi) is 3.27. The lowest BCUT2D eigenvalue weighted by molar-refractivity contribution is -0.133. The number of carbonyl (C=O) groups excluding carboxylic acids is 2. The lowest BCUT2D eigenvalue weighted by Gasteiger charge is -2.33. The molecule has 0 unspecified atom stereocenters. The first-order valence-electron chi connectivity index (χ1n) is 7.85. The second kappa shape index (κ2) is 4.72. The van der Waals surface area contributed by atoms with Crippen LogP contribution in [0.5, 0.6) is 0 Å². The Morgan fingerprint density at radius 3 is 2.45 bits per heavy atom. The van der Waals surface area contributed by atoms with Gasteiger partial charge in [0, 0.05) is 6.54 Å². The van der Waals surface area contributed by atoms with E-state index in [1.165, 1.54) is 4.90 Å². The summed E-state index contributed by atoms with van der Waals surface area (Å²) in [5.41, 5.74) is 5.17. The van der Waals surface area contributed by atoms with Gasteiger partial charge in [-0.1, -0.05) is 6.92 Å². The first-order valence-corrected chi connectivity index (χ1v) is 7.85. The normalized spacial score (nSPS) is 35.5. The van der Waals surface area contributed by atoms with Crippen LogP contribution in [0.4, 0.5) is 4.79 Å². The number of nitrogens with two attached hydrogens (primary N) is 1. The smallest absolute Gasteiger partial charge is 0.325 e. The van der Waals surface area contributed by atoms with Crippen LogP contribution in [-0.4, -0.2) is 35.5 Å². The molecule has 0 aromatic carbocycles. The molecule has 1 aliphatic heterocycles. The Morgan fingerprint density at radius 1 is 1.25 bits per heavy atom. The summed E-state index contributed by atoms with van der Waals surface area (Å²) in [5, 5.41) is 2.99. The predicted octanol–water partition coefficient (Wildman–Crippen LogP) is 1.62. The highest BCUT2D eigenvalue weighted by Gasteiger charge is 2.55. The minimum Gasteiger partial charge on any atom is -0.330 e. The monoisotopic (exact) mass is 279 g/mol. The maximum Gasteiger partial charge on any atom is 0.325 e. The number of carbonyl (C=O) groups is 2. The van der Waals surface area contributed by atoms with E-state index in [-0.39, 0.29) is 17.4 Å². The van der Waals surface area contributed by atoms with Gasteiger partial charge in [-0.2, -0.15) is 0 Å². The van der Waals surface area contributed by atoms with Gasteiger partial charge in [0.05, 0.1) is 0 Å². The molecule has 1 heterocycles. The Balaban J connectivity index is 1.71. The fourth-order valence-corrected chi connectivity index (χ4v) is 3.72. The zero-order valence-corrected chi connectivity index (χ0v) is 12.3. The molecule has 0 aromatic heterocycles. The van der Waals surface area contributed by atoms with Crippen LogP contribution in [0, 0.1) is 11.3 Å². The van der Waals surface area contributed by atoms with Gasteiger partial charge in [0.25, 0.3) is 5.91 Å². The molecule has 1 saturated heterocycles. The van der Waals surface area contributed by atoms with E-state index in [9.17, 15) is 9.59 Å². The molecular formula is C15H25N3O2. The van der Waals surface area contributed by atoms with Crippen molar-refractivity contribution in [2.75, 3.05) is 13.1 Å². The van der Waals surface area contributed by atoms with Crippen LogP contribution in [-0.2, 0) is 4.79 Å². The van der Waals surface area contributed by atoms with E-state index in [4.69, 9.17) is 5.73 Å². The van der Waals surface area contributed by atoms with Crippen molar-refractivity contribution < 1.29 is 9.59 Å². The van der Waals surface area contributed by atoms with Crippen LogP contribution in [0.2, 0.25) is 0 Å². The number of rotatable bonds is 4. The molecule has 0 bridgehead atoms. The molecule has 3 rings (SSSR count). The molecule has 2 aliphatic carbocycles. The lowest BCUT2D eigenvalue weighted by Crippen LogP contribution is -2.49. The molecule has 0 atom stereocenters. The molecule has 5 nitrogen and oxygen atoms in total. The summed E-state index contributed by atoms with van der Waals surface area (Å²) in [7, 11) is 0. The van der Waals surface area contributed by atoms with Crippen molar-refractivity contribution in [3.05, 3.63) is 0 Å². The molecule has 0 radical (unpaired) electrons. The van der Waals surface area contributed by atoms with E-state index in [0.29, 0.717) is 19.0 Å². The molecule has 0 aromatic rings. The third-order valence-corrected chi connectivity index (χ3v) is 5.50. The second-order valence-corrected chi connectivity index (χ2v) is 7.12. The van der Waals surface area contributed by atoms with E-state index in [1.54, 1.807) is 0 Å². The minimum absolute atomic E-state index is 0.0118. The van der Waals surface area contributed by atoms with E-state index >= 15 is 0 Å². The summed E-state index contributed by atoms with van der Waals surface area (Å²) >= 11 is 0. The molecule has 3 N–H and O–H groups in total. The lowest BCUT2D eigenvalue weighted by atomic mass is 9.77. The summed E-state index contributed by atoms with van der Waals surface area (Å²) in [6.07, 6.45) is 6.71. The SMILES string of the molecule is CC1CCC2(CC1)NC(=O)N(CC1(CCN)CC1)C2=O. The van der Waals surface area contributed by atoms with Gasteiger partial charge in [0.1, 0.15) is 5.54 Å². The van der Waals surface area contributed by atoms with Crippen LogP contribution in [0.25, 0.3) is 0 Å². The minimum atomic E-state index is -0.595. The Labute approximate surface area is 120 Å². The molecular weight excluding hydrogens is 254 g/mol. The number of hydrogen-bond acceptors (Lipinski definition) is 3.